The lowest BCUT2D eigenvalue weighted by atomic mass is 10.1. The quantitative estimate of drug-likeness (QED) is 0.604. The molecule has 0 aromatic heterocycles. The molecule has 0 fully saturated rings. The fourth-order valence-electron chi connectivity index (χ4n) is 1.11. The van der Waals surface area contributed by atoms with Crippen LogP contribution in [0.1, 0.15) is 40.0 Å². The third-order valence-electron chi connectivity index (χ3n) is 1.95. The van der Waals surface area contributed by atoms with Gasteiger partial charge in [-0.05, 0) is 26.3 Å². The predicted octanol–water partition coefficient (Wildman–Crippen LogP) is 1.81. The Morgan fingerprint density at radius 2 is 2.14 bits per heavy atom. The molecule has 1 unspecified atom stereocenters. The van der Waals surface area contributed by atoms with Crippen LogP contribution in [0.3, 0.4) is 0 Å². The summed E-state index contributed by atoms with van der Waals surface area (Å²) < 4.78 is 0. The van der Waals surface area contributed by atoms with E-state index >= 15 is 0 Å². The number of ketones is 1. The van der Waals surface area contributed by atoms with Gasteiger partial charge in [-0.1, -0.05) is 13.8 Å². The Balaban J connectivity index is 3.78. The van der Waals surface area contributed by atoms with Gasteiger partial charge in [0.2, 0.25) is 0 Å². The van der Waals surface area contributed by atoms with Gasteiger partial charge in [-0.25, -0.2) is 0 Å². The van der Waals surface area contributed by atoms with Crippen LogP contribution in [0.2, 0.25) is 0 Å². The van der Waals surface area contributed by atoms with Crippen molar-refractivity contribution in [1.29, 1.82) is 0 Å². The summed E-state index contributed by atoms with van der Waals surface area (Å²) >= 11 is 0. The molecule has 0 aromatic carbocycles. The molecule has 3 nitrogen and oxygen atoms in total. The van der Waals surface area contributed by atoms with Crippen molar-refractivity contribution in [2.24, 2.45) is 4.99 Å². The van der Waals surface area contributed by atoms with Crippen LogP contribution in [0, 0.1) is 0 Å². The smallest absolute Gasteiger partial charge is 0.147 e. The first-order valence-electron chi connectivity index (χ1n) is 5.44. The van der Waals surface area contributed by atoms with Gasteiger partial charge in [0.25, 0.3) is 0 Å². The van der Waals surface area contributed by atoms with Gasteiger partial charge in [-0.2, -0.15) is 0 Å². The number of hydrogen-bond acceptors (Lipinski definition) is 3. The third-order valence-corrected chi connectivity index (χ3v) is 1.95. The summed E-state index contributed by atoms with van der Waals surface area (Å²) in [6.45, 7) is 7.57. The van der Waals surface area contributed by atoms with Gasteiger partial charge < -0.3 is 5.32 Å². The van der Waals surface area contributed by atoms with Gasteiger partial charge in [0.1, 0.15) is 5.78 Å². The fraction of sp³-hybridized carbons (Fsp3) is 0.818. The number of nitrogens with one attached hydrogen (secondary N) is 1. The van der Waals surface area contributed by atoms with Gasteiger partial charge in [-0.15, -0.1) is 0 Å². The molecule has 0 heterocycles. The summed E-state index contributed by atoms with van der Waals surface area (Å²) in [5.41, 5.74) is 0. The van der Waals surface area contributed by atoms with Crippen molar-refractivity contribution in [3.63, 3.8) is 0 Å². The van der Waals surface area contributed by atoms with Crippen LogP contribution in [0.4, 0.5) is 0 Å². The average molecular weight is 198 g/mol. The number of hydrogen-bond donors (Lipinski definition) is 1. The van der Waals surface area contributed by atoms with Gasteiger partial charge >= 0.3 is 0 Å². The highest BCUT2D eigenvalue weighted by molar-refractivity contribution is 5.84. The lowest BCUT2D eigenvalue weighted by molar-refractivity contribution is -0.118. The topological polar surface area (TPSA) is 41.5 Å². The SMILES string of the molecule is CCCN=CCC(NCCC)C(C)=O. The maximum atomic E-state index is 11.2. The van der Waals surface area contributed by atoms with Crippen LogP contribution in [-0.2, 0) is 4.79 Å². The lowest BCUT2D eigenvalue weighted by Crippen LogP contribution is -2.36. The second kappa shape index (κ2) is 8.88. The van der Waals surface area contributed by atoms with Gasteiger partial charge in [-0.3, -0.25) is 9.79 Å². The minimum absolute atomic E-state index is 0.0458. The largest absolute Gasteiger partial charge is 0.307 e. The molecule has 0 radical (unpaired) electrons. The number of carbonyl (C=O) groups excluding carboxylic acids is 1. The first kappa shape index (κ1) is 13.3. The summed E-state index contributed by atoms with van der Waals surface area (Å²) in [6, 6.07) is -0.0458. The molecule has 0 aliphatic carbocycles. The van der Waals surface area contributed by atoms with Crippen molar-refractivity contribution in [1.82, 2.24) is 5.32 Å². The highest BCUT2D eigenvalue weighted by atomic mass is 16.1. The summed E-state index contributed by atoms with van der Waals surface area (Å²) in [4.78, 5) is 15.4. The number of Topliss-reactive ketones (excluding diaryl/α,β-unsaturated/α-hetero) is 1. The Morgan fingerprint density at radius 3 is 2.64 bits per heavy atom. The Morgan fingerprint density at radius 1 is 1.43 bits per heavy atom. The van der Waals surface area contributed by atoms with Crippen LogP contribution in [0.25, 0.3) is 0 Å². The number of nitrogens with zero attached hydrogens (tertiary/aromatic N) is 1. The zero-order valence-electron chi connectivity index (χ0n) is 9.55. The molecule has 0 aliphatic heterocycles. The van der Waals surface area contributed by atoms with Crippen molar-refractivity contribution in [2.45, 2.75) is 46.1 Å². The van der Waals surface area contributed by atoms with E-state index in [0.29, 0.717) is 0 Å². The highest BCUT2D eigenvalue weighted by Gasteiger charge is 2.10. The van der Waals surface area contributed by atoms with E-state index in [2.05, 4.69) is 24.2 Å². The molecule has 0 rings (SSSR count). The van der Waals surface area contributed by atoms with Crippen molar-refractivity contribution in [3.8, 4) is 0 Å². The van der Waals surface area contributed by atoms with E-state index in [4.69, 9.17) is 0 Å². The van der Waals surface area contributed by atoms with Gasteiger partial charge in [0, 0.05) is 19.2 Å². The minimum Gasteiger partial charge on any atom is -0.307 e. The standard InChI is InChI=1S/C11H22N2O/c1-4-7-12-9-6-11(10(3)14)13-8-5-2/h9,11,13H,4-8H2,1-3H3. The van der Waals surface area contributed by atoms with Crippen molar-refractivity contribution >= 4 is 12.0 Å². The van der Waals surface area contributed by atoms with E-state index in [1.165, 1.54) is 0 Å². The molecule has 1 atom stereocenters. The first-order chi connectivity index (χ1) is 6.72. The van der Waals surface area contributed by atoms with E-state index < -0.39 is 0 Å². The van der Waals surface area contributed by atoms with E-state index in [9.17, 15) is 4.79 Å². The maximum absolute atomic E-state index is 11.2. The predicted molar refractivity (Wildman–Crippen MR) is 61.0 cm³/mol. The molecular formula is C11H22N2O. The normalized spacial score (nSPS) is 13.4. The Hall–Kier alpha value is -0.700. The van der Waals surface area contributed by atoms with Crippen LogP contribution >= 0.6 is 0 Å². The van der Waals surface area contributed by atoms with Crippen molar-refractivity contribution in [2.75, 3.05) is 13.1 Å². The molecule has 1 N–H and O–H groups in total. The highest BCUT2D eigenvalue weighted by Crippen LogP contribution is 1.92. The Labute approximate surface area is 87.0 Å². The van der Waals surface area contributed by atoms with Gasteiger partial charge in [0.15, 0.2) is 0 Å². The third kappa shape index (κ3) is 6.78. The Kier molecular flexibility index (Phi) is 8.43. The first-order valence-corrected chi connectivity index (χ1v) is 5.44. The molecule has 0 aromatic rings. The second-order valence-corrected chi connectivity index (χ2v) is 3.44. The zero-order valence-corrected chi connectivity index (χ0v) is 9.55. The molecule has 3 heteroatoms. The van der Waals surface area contributed by atoms with E-state index in [1.807, 2.05) is 6.21 Å². The number of aliphatic imine (C=N–C) groups is 1. The number of rotatable bonds is 8. The van der Waals surface area contributed by atoms with E-state index in [0.717, 1.165) is 32.4 Å². The van der Waals surface area contributed by atoms with E-state index in [-0.39, 0.29) is 11.8 Å². The van der Waals surface area contributed by atoms with Gasteiger partial charge in [0.05, 0.1) is 6.04 Å². The van der Waals surface area contributed by atoms with Crippen molar-refractivity contribution in [3.05, 3.63) is 0 Å². The second-order valence-electron chi connectivity index (χ2n) is 3.44. The van der Waals surface area contributed by atoms with Crippen LogP contribution in [-0.4, -0.2) is 31.1 Å². The number of carbonyl (C=O) groups is 1. The van der Waals surface area contributed by atoms with Crippen LogP contribution < -0.4 is 5.32 Å². The maximum Gasteiger partial charge on any atom is 0.147 e. The Bertz CT molecular complexity index is 178. The molecular weight excluding hydrogens is 176 g/mol. The molecule has 14 heavy (non-hydrogen) atoms. The van der Waals surface area contributed by atoms with E-state index in [1.54, 1.807) is 6.92 Å². The molecule has 0 aliphatic rings. The van der Waals surface area contributed by atoms with Crippen LogP contribution in [0.5, 0.6) is 0 Å². The average Bonchev–Trinajstić information content (AvgIpc) is 2.16. The molecule has 0 spiro atoms. The zero-order chi connectivity index (χ0) is 10.8. The van der Waals surface area contributed by atoms with Crippen LogP contribution in [0.15, 0.2) is 4.99 Å². The molecule has 0 amide bonds. The summed E-state index contributed by atoms with van der Waals surface area (Å²) in [5.74, 6) is 0.196. The molecule has 0 saturated heterocycles. The summed E-state index contributed by atoms with van der Waals surface area (Å²) in [6.07, 6.45) is 4.69. The molecule has 0 saturated carbocycles. The minimum atomic E-state index is -0.0458. The lowest BCUT2D eigenvalue weighted by Gasteiger charge is -2.12. The van der Waals surface area contributed by atoms with Crippen molar-refractivity contribution < 1.29 is 4.79 Å². The summed E-state index contributed by atoms with van der Waals surface area (Å²) in [5, 5.41) is 3.20. The molecule has 0 bridgehead atoms. The monoisotopic (exact) mass is 198 g/mol. The summed E-state index contributed by atoms with van der Waals surface area (Å²) in [7, 11) is 0. The fourth-order valence-corrected chi connectivity index (χ4v) is 1.11. The molecule has 82 valence electrons.